The largest absolute Gasteiger partial charge is 0.323 e. The van der Waals surface area contributed by atoms with Crippen molar-refractivity contribution in [1.29, 1.82) is 0 Å². The average Bonchev–Trinajstić information content (AvgIpc) is 2.56. The van der Waals surface area contributed by atoms with E-state index in [1.165, 1.54) is 24.3 Å². The highest BCUT2D eigenvalue weighted by atomic mass is 35.5. The topological polar surface area (TPSA) is 90.5 Å². The summed E-state index contributed by atoms with van der Waals surface area (Å²) in [5, 5.41) is 4.75. The van der Waals surface area contributed by atoms with Crippen LogP contribution in [0.1, 0.15) is 0 Å². The predicted octanol–water partition coefficient (Wildman–Crippen LogP) is 6.15. The summed E-state index contributed by atoms with van der Waals surface area (Å²) in [7, 11) is 0. The summed E-state index contributed by atoms with van der Waals surface area (Å²) in [6.45, 7) is 0. The molecule has 2 amide bonds. The van der Waals surface area contributed by atoms with Crippen LogP contribution in [-0.4, -0.2) is 14.8 Å². The highest BCUT2D eigenvalue weighted by molar-refractivity contribution is 7.80. The Morgan fingerprint density at radius 1 is 0.800 bits per heavy atom. The summed E-state index contributed by atoms with van der Waals surface area (Å²) in [5.74, 6) is 0. The fourth-order valence-electron chi connectivity index (χ4n) is 1.71. The van der Waals surface area contributed by atoms with Crippen LogP contribution in [0, 0.1) is 0 Å². The number of hydrogen-bond acceptors (Lipinski definition) is 2. The van der Waals surface area contributed by atoms with Gasteiger partial charge in [0.25, 0.3) is 11.3 Å². The first-order chi connectivity index (χ1) is 11.7. The molecule has 0 aliphatic carbocycles. The molecule has 4 N–H and O–H groups in total. The molecule has 12 heteroatoms. The van der Waals surface area contributed by atoms with Gasteiger partial charge in [0.15, 0.2) is 0 Å². The van der Waals surface area contributed by atoms with E-state index in [4.69, 9.17) is 62.6 Å². The van der Waals surface area contributed by atoms with E-state index in [0.717, 1.165) is 0 Å². The summed E-state index contributed by atoms with van der Waals surface area (Å²) < 4.78 is 21.6. The first kappa shape index (κ1) is 20.4. The monoisotopic (exact) mass is 461 g/mol. The third-order valence-corrected chi connectivity index (χ3v) is 5.48. The molecule has 1 unspecified atom stereocenters. The number of carbonyl (C=O) groups is 1. The Labute approximate surface area is 170 Å². The highest BCUT2D eigenvalue weighted by Gasteiger charge is 2.20. The number of urea groups is 1. The number of rotatable bonds is 4. The van der Waals surface area contributed by atoms with E-state index in [2.05, 4.69) is 15.4 Å². The molecule has 0 aliphatic heterocycles. The van der Waals surface area contributed by atoms with E-state index < -0.39 is 17.3 Å². The van der Waals surface area contributed by atoms with E-state index in [1.807, 2.05) is 0 Å². The lowest BCUT2D eigenvalue weighted by molar-refractivity contribution is 0.262. The molecule has 6 nitrogen and oxygen atoms in total. The standard InChI is InChI=1S/C13H8Cl5N3O3S/c14-7-8(15)10(17)12(11(18)9(7)16)20-13(22)19-5-1-3-6(4-2-5)21-25(23)24/h1-4,21H,(H,23,24)(H2,19,20,22). The van der Waals surface area contributed by atoms with Gasteiger partial charge in [0.2, 0.25) is 0 Å². The minimum atomic E-state index is -2.19. The van der Waals surface area contributed by atoms with E-state index in [0.29, 0.717) is 11.4 Å². The predicted molar refractivity (Wildman–Crippen MR) is 105 cm³/mol. The SMILES string of the molecule is O=C(Nc1ccc(NS(=O)O)cc1)Nc1c(Cl)c(Cl)c(Cl)c(Cl)c1Cl. The maximum atomic E-state index is 12.1. The molecule has 0 bridgehead atoms. The van der Waals surface area contributed by atoms with E-state index in [-0.39, 0.29) is 30.8 Å². The van der Waals surface area contributed by atoms with Crippen LogP contribution >= 0.6 is 58.0 Å². The van der Waals surface area contributed by atoms with Crippen LogP contribution in [0.15, 0.2) is 24.3 Å². The summed E-state index contributed by atoms with van der Waals surface area (Å²) >= 11 is 27.6. The van der Waals surface area contributed by atoms with Crippen LogP contribution in [0.4, 0.5) is 21.9 Å². The Morgan fingerprint density at radius 3 is 1.72 bits per heavy atom. The lowest BCUT2D eigenvalue weighted by Crippen LogP contribution is -2.20. The lowest BCUT2D eigenvalue weighted by atomic mass is 10.3. The van der Waals surface area contributed by atoms with Crippen molar-refractivity contribution in [2.45, 2.75) is 0 Å². The van der Waals surface area contributed by atoms with Gasteiger partial charge in [-0.1, -0.05) is 58.0 Å². The quantitative estimate of drug-likeness (QED) is 0.249. The molecule has 134 valence electrons. The smallest absolute Gasteiger partial charge is 0.308 e. The van der Waals surface area contributed by atoms with Crippen LogP contribution < -0.4 is 15.4 Å². The summed E-state index contributed by atoms with van der Waals surface area (Å²) in [6.07, 6.45) is 0. The van der Waals surface area contributed by atoms with Crippen molar-refractivity contribution in [2.75, 3.05) is 15.4 Å². The average molecular weight is 464 g/mol. The maximum absolute atomic E-state index is 12.1. The Hall–Kier alpha value is -0.930. The summed E-state index contributed by atoms with van der Waals surface area (Å²) in [5.41, 5.74) is 0.813. The summed E-state index contributed by atoms with van der Waals surface area (Å²) in [6, 6.07) is 5.36. The van der Waals surface area contributed by atoms with Gasteiger partial charge in [0, 0.05) is 11.4 Å². The third kappa shape index (κ3) is 5.04. The van der Waals surface area contributed by atoms with Gasteiger partial charge in [-0.2, -0.15) is 0 Å². The number of anilines is 3. The molecule has 0 aromatic heterocycles. The number of benzene rings is 2. The number of hydrogen-bond donors (Lipinski definition) is 4. The number of carbonyl (C=O) groups excluding carboxylic acids is 1. The normalized spacial score (nSPS) is 11.8. The van der Waals surface area contributed by atoms with Crippen LogP contribution in [0.25, 0.3) is 0 Å². The van der Waals surface area contributed by atoms with E-state index in [1.54, 1.807) is 0 Å². The molecule has 0 aliphatic rings. The second-order valence-electron chi connectivity index (χ2n) is 4.45. The number of nitrogens with one attached hydrogen (secondary N) is 3. The first-order valence-electron chi connectivity index (χ1n) is 6.27. The van der Waals surface area contributed by atoms with Crippen molar-refractivity contribution in [3.05, 3.63) is 49.4 Å². The lowest BCUT2D eigenvalue weighted by Gasteiger charge is -2.14. The van der Waals surface area contributed by atoms with Gasteiger partial charge in [0.1, 0.15) is 0 Å². The zero-order chi connectivity index (χ0) is 18.7. The van der Waals surface area contributed by atoms with Crippen molar-refractivity contribution in [3.8, 4) is 0 Å². The minimum Gasteiger partial charge on any atom is -0.308 e. The molecule has 25 heavy (non-hydrogen) atoms. The van der Waals surface area contributed by atoms with Crippen molar-refractivity contribution in [1.82, 2.24) is 0 Å². The molecule has 0 spiro atoms. The van der Waals surface area contributed by atoms with Gasteiger partial charge >= 0.3 is 6.03 Å². The molecule has 0 radical (unpaired) electrons. The van der Waals surface area contributed by atoms with Gasteiger partial charge in [-0.3, -0.25) is 9.27 Å². The Kier molecular flexibility index (Phi) is 7.04. The fourth-order valence-corrected chi connectivity index (χ4v) is 3.28. The van der Waals surface area contributed by atoms with Crippen LogP contribution in [0.2, 0.25) is 25.1 Å². The van der Waals surface area contributed by atoms with Crippen molar-refractivity contribution >= 4 is 92.4 Å². The molecule has 2 aromatic rings. The molecular weight excluding hydrogens is 455 g/mol. The van der Waals surface area contributed by atoms with Crippen molar-refractivity contribution in [2.24, 2.45) is 0 Å². The van der Waals surface area contributed by atoms with Gasteiger partial charge in [-0.15, -0.1) is 0 Å². The number of halogens is 5. The molecule has 1 atom stereocenters. The molecule has 0 heterocycles. The molecule has 0 saturated heterocycles. The molecular formula is C13H8Cl5N3O3S. The minimum absolute atomic E-state index is 0.00852. The van der Waals surface area contributed by atoms with Crippen LogP contribution in [-0.2, 0) is 11.3 Å². The maximum Gasteiger partial charge on any atom is 0.323 e. The first-order valence-corrected chi connectivity index (χ1v) is 9.27. The Bertz CT molecular complexity index is 819. The van der Waals surface area contributed by atoms with Crippen LogP contribution in [0.5, 0.6) is 0 Å². The highest BCUT2D eigenvalue weighted by Crippen LogP contribution is 2.46. The van der Waals surface area contributed by atoms with Crippen LogP contribution in [0.3, 0.4) is 0 Å². The van der Waals surface area contributed by atoms with E-state index in [9.17, 15) is 9.00 Å². The fraction of sp³-hybridized carbons (Fsp3) is 0. The van der Waals surface area contributed by atoms with Crippen molar-refractivity contribution in [3.63, 3.8) is 0 Å². The van der Waals surface area contributed by atoms with Gasteiger partial charge in [-0.25, -0.2) is 9.00 Å². The van der Waals surface area contributed by atoms with E-state index >= 15 is 0 Å². The zero-order valence-electron chi connectivity index (χ0n) is 11.9. The van der Waals surface area contributed by atoms with Gasteiger partial charge in [-0.05, 0) is 24.3 Å². The molecule has 0 saturated carbocycles. The molecule has 2 aromatic carbocycles. The summed E-state index contributed by atoms with van der Waals surface area (Å²) in [4.78, 5) is 12.1. The number of amides is 2. The zero-order valence-corrected chi connectivity index (χ0v) is 16.5. The second-order valence-corrected chi connectivity index (χ2v) is 7.04. The Balaban J connectivity index is 2.14. The van der Waals surface area contributed by atoms with Crippen molar-refractivity contribution < 1.29 is 13.6 Å². The second kappa shape index (κ2) is 8.64. The van der Waals surface area contributed by atoms with Gasteiger partial charge in [0.05, 0.1) is 30.8 Å². The molecule has 2 rings (SSSR count). The van der Waals surface area contributed by atoms with Gasteiger partial charge < -0.3 is 10.6 Å². The third-order valence-electron chi connectivity index (χ3n) is 2.80. The molecule has 0 fully saturated rings. The Morgan fingerprint density at radius 2 is 1.24 bits per heavy atom.